The van der Waals surface area contributed by atoms with Gasteiger partial charge in [0, 0.05) is 71.5 Å². The summed E-state index contributed by atoms with van der Waals surface area (Å²) in [7, 11) is 0. The zero-order valence-corrected chi connectivity index (χ0v) is 20.3. The lowest BCUT2D eigenvalue weighted by atomic mass is 10.2. The van der Waals surface area contributed by atoms with E-state index in [2.05, 4.69) is 0 Å². The SMILES string of the molecule is CC(C)N(CC(=O)O)C(=O)CN1CCN(CC(=O)[O-])CCN(CC(=O)[O-])CCN(CC(=O)O)CC1. The Morgan fingerprint density at radius 2 is 1.00 bits per heavy atom. The summed E-state index contributed by atoms with van der Waals surface area (Å²) in [5, 5.41) is 40.7. The molecule has 0 radical (unpaired) electrons. The van der Waals surface area contributed by atoms with Gasteiger partial charge in [0.05, 0.1) is 25.0 Å². The van der Waals surface area contributed by atoms with Crippen molar-refractivity contribution in [2.24, 2.45) is 0 Å². The number of hydrogen-bond donors (Lipinski definition) is 2. The van der Waals surface area contributed by atoms with E-state index in [-0.39, 0.29) is 84.6 Å². The van der Waals surface area contributed by atoms with Crippen molar-refractivity contribution >= 4 is 29.8 Å². The molecule has 1 aliphatic heterocycles. The van der Waals surface area contributed by atoms with Crippen LogP contribution >= 0.6 is 0 Å². The molecule has 0 aliphatic carbocycles. The molecule has 14 nitrogen and oxygen atoms in total. The minimum atomic E-state index is -1.30. The lowest BCUT2D eigenvalue weighted by molar-refractivity contribution is -0.308. The van der Waals surface area contributed by atoms with Crippen molar-refractivity contribution in [1.29, 1.82) is 0 Å². The minimum absolute atomic E-state index is 0.123. The van der Waals surface area contributed by atoms with Gasteiger partial charge in [-0.25, -0.2) is 0 Å². The van der Waals surface area contributed by atoms with E-state index in [9.17, 15) is 39.3 Å². The molecule has 1 heterocycles. The van der Waals surface area contributed by atoms with Crippen molar-refractivity contribution < 1.29 is 44.4 Å². The van der Waals surface area contributed by atoms with Crippen LogP contribution < -0.4 is 10.2 Å². The standard InChI is InChI=1S/C21H37N5O9/c1-16(2)26(15-21(34)35)17(27)11-22-3-5-23(12-18(28)29)7-9-25(14-20(32)33)10-8-24(6-4-22)13-19(30)31/h16H,3-15H2,1-2H3,(H,28,29)(H,30,31)(H,32,33)(H,34,35)/p-2. The van der Waals surface area contributed by atoms with Crippen LogP contribution in [0.2, 0.25) is 0 Å². The summed E-state index contributed by atoms with van der Waals surface area (Å²) < 4.78 is 0. The van der Waals surface area contributed by atoms with Gasteiger partial charge >= 0.3 is 11.9 Å². The summed E-state index contributed by atoms with van der Waals surface area (Å²) in [6, 6.07) is -0.348. The highest BCUT2D eigenvalue weighted by Gasteiger charge is 2.24. The molecule has 0 saturated carbocycles. The molecule has 0 aromatic carbocycles. The van der Waals surface area contributed by atoms with Crippen LogP contribution in [0.25, 0.3) is 0 Å². The maximum absolute atomic E-state index is 12.9. The third-order valence-corrected chi connectivity index (χ3v) is 5.60. The Bertz CT molecular complexity index is 717. The fourth-order valence-corrected chi connectivity index (χ4v) is 3.75. The van der Waals surface area contributed by atoms with E-state index < -0.39 is 36.3 Å². The average molecular weight is 502 g/mol. The number of carbonyl (C=O) groups is 5. The summed E-state index contributed by atoms with van der Waals surface area (Å²) in [4.78, 5) is 65.4. The van der Waals surface area contributed by atoms with E-state index in [4.69, 9.17) is 5.11 Å². The number of carboxylic acid groups (broad SMARTS) is 4. The number of carbonyl (C=O) groups excluding carboxylic acids is 3. The Kier molecular flexibility index (Phi) is 13.2. The monoisotopic (exact) mass is 501 g/mol. The van der Waals surface area contributed by atoms with E-state index in [1.165, 1.54) is 4.90 Å². The first-order valence-corrected chi connectivity index (χ1v) is 11.4. The van der Waals surface area contributed by atoms with Gasteiger partial charge in [0.15, 0.2) is 0 Å². The van der Waals surface area contributed by atoms with Gasteiger partial charge in [-0.05, 0) is 13.8 Å². The smallest absolute Gasteiger partial charge is 0.323 e. The molecule has 1 amide bonds. The quantitative estimate of drug-likeness (QED) is 0.274. The van der Waals surface area contributed by atoms with Crippen LogP contribution in [0.4, 0.5) is 0 Å². The van der Waals surface area contributed by atoms with Gasteiger partial charge in [-0.15, -0.1) is 0 Å². The number of nitrogens with zero attached hydrogens (tertiary/aromatic N) is 5. The lowest BCUT2D eigenvalue weighted by Gasteiger charge is -2.35. The first-order chi connectivity index (χ1) is 16.4. The summed E-state index contributed by atoms with van der Waals surface area (Å²) in [5.74, 6) is -5.21. The predicted molar refractivity (Wildman–Crippen MR) is 118 cm³/mol. The molecule has 1 aliphatic rings. The van der Waals surface area contributed by atoms with Crippen molar-refractivity contribution in [2.45, 2.75) is 19.9 Å². The van der Waals surface area contributed by atoms with Crippen LogP contribution in [-0.2, 0) is 24.0 Å². The summed E-state index contributed by atoms with van der Waals surface area (Å²) in [6.45, 7) is 3.63. The fourth-order valence-electron chi connectivity index (χ4n) is 3.75. The Hall–Kier alpha value is -2.81. The summed E-state index contributed by atoms with van der Waals surface area (Å²) >= 11 is 0. The lowest BCUT2D eigenvalue weighted by Crippen LogP contribution is -2.52. The molecule has 200 valence electrons. The van der Waals surface area contributed by atoms with Crippen molar-refractivity contribution in [1.82, 2.24) is 24.5 Å². The maximum Gasteiger partial charge on any atom is 0.323 e. The third-order valence-electron chi connectivity index (χ3n) is 5.60. The van der Waals surface area contributed by atoms with Crippen LogP contribution in [0.3, 0.4) is 0 Å². The van der Waals surface area contributed by atoms with Gasteiger partial charge in [-0.2, -0.15) is 0 Å². The average Bonchev–Trinajstić information content (AvgIpc) is 2.72. The van der Waals surface area contributed by atoms with Crippen molar-refractivity contribution in [3.05, 3.63) is 0 Å². The van der Waals surface area contributed by atoms with Gasteiger partial charge in [-0.1, -0.05) is 0 Å². The molecule has 1 rings (SSSR count). The molecule has 0 bridgehead atoms. The number of carboxylic acids is 4. The molecule has 0 unspecified atom stereocenters. The molecule has 0 spiro atoms. The predicted octanol–water partition coefficient (Wildman–Crippen LogP) is -4.89. The van der Waals surface area contributed by atoms with Gasteiger partial charge in [0.25, 0.3) is 0 Å². The Morgan fingerprint density at radius 1 is 0.657 bits per heavy atom. The van der Waals surface area contributed by atoms with E-state index in [1.807, 2.05) is 0 Å². The first kappa shape index (κ1) is 30.2. The number of amides is 1. The molecule has 0 aromatic rings. The van der Waals surface area contributed by atoms with Crippen LogP contribution in [-0.4, -0.2) is 156 Å². The second-order valence-electron chi connectivity index (χ2n) is 8.75. The Morgan fingerprint density at radius 3 is 1.29 bits per heavy atom. The highest BCUT2D eigenvalue weighted by molar-refractivity contribution is 5.83. The molecule has 0 aromatic heterocycles. The summed E-state index contributed by atoms with van der Waals surface area (Å²) in [5.41, 5.74) is 0. The molecular formula is C21H35N5O9-2. The normalized spacial score (nSPS) is 17.9. The molecule has 2 N–H and O–H groups in total. The van der Waals surface area contributed by atoms with Gasteiger partial charge < -0.3 is 34.9 Å². The molecule has 0 atom stereocenters. The Balaban J connectivity index is 3.06. The summed E-state index contributed by atoms with van der Waals surface area (Å²) in [6.07, 6.45) is 0. The maximum atomic E-state index is 12.9. The van der Waals surface area contributed by atoms with Gasteiger partial charge in [0.2, 0.25) is 5.91 Å². The van der Waals surface area contributed by atoms with Gasteiger partial charge in [-0.3, -0.25) is 34.0 Å². The van der Waals surface area contributed by atoms with E-state index in [0.29, 0.717) is 0 Å². The molecule has 35 heavy (non-hydrogen) atoms. The number of aliphatic carboxylic acids is 4. The van der Waals surface area contributed by atoms with Crippen molar-refractivity contribution in [2.75, 3.05) is 85.1 Å². The van der Waals surface area contributed by atoms with Crippen molar-refractivity contribution in [3.63, 3.8) is 0 Å². The largest absolute Gasteiger partial charge is 0.549 e. The van der Waals surface area contributed by atoms with E-state index >= 15 is 0 Å². The Labute approximate surface area is 204 Å². The number of hydrogen-bond acceptors (Lipinski definition) is 11. The zero-order valence-electron chi connectivity index (χ0n) is 20.3. The number of rotatable bonds is 11. The molecule has 1 fully saturated rings. The fraction of sp³-hybridized carbons (Fsp3) is 0.762. The highest BCUT2D eigenvalue weighted by Crippen LogP contribution is 2.04. The topological polar surface area (TPSA) is 188 Å². The van der Waals surface area contributed by atoms with Crippen LogP contribution in [0.1, 0.15) is 13.8 Å². The highest BCUT2D eigenvalue weighted by atomic mass is 16.4. The second-order valence-corrected chi connectivity index (χ2v) is 8.75. The second kappa shape index (κ2) is 15.2. The van der Waals surface area contributed by atoms with Crippen molar-refractivity contribution in [3.8, 4) is 0 Å². The molecule has 14 heteroatoms. The molecule has 1 saturated heterocycles. The zero-order chi connectivity index (χ0) is 26.5. The third kappa shape index (κ3) is 13.0. The van der Waals surface area contributed by atoms with E-state index in [0.717, 1.165) is 0 Å². The van der Waals surface area contributed by atoms with E-state index in [1.54, 1.807) is 33.4 Å². The molecular weight excluding hydrogens is 466 g/mol. The van der Waals surface area contributed by atoms with Gasteiger partial charge in [0.1, 0.15) is 6.54 Å². The minimum Gasteiger partial charge on any atom is -0.549 e. The van der Waals surface area contributed by atoms with Crippen LogP contribution in [0.5, 0.6) is 0 Å². The van der Waals surface area contributed by atoms with Crippen LogP contribution in [0, 0.1) is 0 Å². The van der Waals surface area contributed by atoms with Crippen LogP contribution in [0.15, 0.2) is 0 Å². The first-order valence-electron chi connectivity index (χ1n) is 11.4.